The molecular formula is C11H14ClNO4S. The lowest BCUT2D eigenvalue weighted by Crippen LogP contribution is -2.38. The van der Waals surface area contributed by atoms with Crippen LogP contribution in [0.15, 0.2) is 29.7 Å². The summed E-state index contributed by atoms with van der Waals surface area (Å²) >= 11 is 5.70. The molecule has 0 aliphatic heterocycles. The summed E-state index contributed by atoms with van der Waals surface area (Å²) < 4.78 is 25.2. The summed E-state index contributed by atoms with van der Waals surface area (Å²) in [5.41, 5.74) is 0.675. The Morgan fingerprint density at radius 1 is 1.22 bits per heavy atom. The molecule has 100 valence electrons. The average molecular weight is 292 g/mol. The van der Waals surface area contributed by atoms with Crippen molar-refractivity contribution >= 4 is 27.7 Å². The predicted octanol–water partition coefficient (Wildman–Crippen LogP) is 0.583. The van der Waals surface area contributed by atoms with E-state index in [4.69, 9.17) is 21.8 Å². The number of benzene rings is 1. The van der Waals surface area contributed by atoms with E-state index in [1.54, 1.807) is 24.3 Å². The Balaban J connectivity index is 2.73. The highest BCUT2D eigenvalue weighted by molar-refractivity contribution is 7.92. The maximum Gasteiger partial charge on any atom is 0.234 e. The minimum absolute atomic E-state index is 0.468. The van der Waals surface area contributed by atoms with Crippen LogP contribution in [0.25, 0.3) is 6.08 Å². The lowest BCUT2D eigenvalue weighted by molar-refractivity contribution is 0.185. The van der Waals surface area contributed by atoms with E-state index in [0.29, 0.717) is 10.6 Å². The van der Waals surface area contributed by atoms with Gasteiger partial charge < -0.3 is 10.2 Å². The predicted molar refractivity (Wildman–Crippen MR) is 70.5 cm³/mol. The number of nitrogens with one attached hydrogen (secondary N) is 1. The van der Waals surface area contributed by atoms with Crippen LogP contribution in [0.5, 0.6) is 0 Å². The summed E-state index contributed by atoms with van der Waals surface area (Å²) in [7, 11) is -3.70. The van der Waals surface area contributed by atoms with Crippen molar-refractivity contribution in [3.63, 3.8) is 0 Å². The van der Waals surface area contributed by atoms with Gasteiger partial charge >= 0.3 is 0 Å². The van der Waals surface area contributed by atoms with E-state index in [1.807, 2.05) is 0 Å². The Labute approximate surface area is 111 Å². The maximum absolute atomic E-state index is 11.6. The van der Waals surface area contributed by atoms with Crippen LogP contribution in [0, 0.1) is 0 Å². The number of halogens is 1. The zero-order valence-corrected chi connectivity index (χ0v) is 11.0. The standard InChI is InChI=1S/C11H14ClNO4S/c12-10-3-1-9(2-4-10)5-6-18(16,17)13-11(7-14)8-15/h1-6,11,13-15H,7-8H2. The molecule has 0 amide bonds. The quantitative estimate of drug-likeness (QED) is 0.716. The molecule has 0 unspecified atom stereocenters. The molecule has 3 N–H and O–H groups in total. The van der Waals surface area contributed by atoms with Crippen molar-refractivity contribution in [3.05, 3.63) is 40.3 Å². The number of aliphatic hydroxyl groups excluding tert-OH is 2. The first-order chi connectivity index (χ1) is 8.46. The molecule has 0 aliphatic carbocycles. The van der Waals surface area contributed by atoms with Crippen LogP contribution < -0.4 is 4.72 Å². The monoisotopic (exact) mass is 291 g/mol. The summed E-state index contributed by atoms with van der Waals surface area (Å²) in [4.78, 5) is 0. The molecule has 0 aliphatic rings. The van der Waals surface area contributed by atoms with Gasteiger partial charge in [-0.15, -0.1) is 0 Å². The first-order valence-electron chi connectivity index (χ1n) is 5.14. The summed E-state index contributed by atoms with van der Waals surface area (Å²) in [6.45, 7) is -0.935. The van der Waals surface area contributed by atoms with Gasteiger partial charge in [0.05, 0.1) is 19.3 Å². The van der Waals surface area contributed by atoms with Crippen molar-refractivity contribution in [2.45, 2.75) is 6.04 Å². The molecule has 0 atom stereocenters. The van der Waals surface area contributed by atoms with Gasteiger partial charge in [0.2, 0.25) is 10.0 Å². The second-order valence-corrected chi connectivity index (χ2v) is 5.61. The van der Waals surface area contributed by atoms with E-state index >= 15 is 0 Å². The minimum Gasteiger partial charge on any atom is -0.395 e. The zero-order chi connectivity index (χ0) is 13.6. The van der Waals surface area contributed by atoms with E-state index in [0.717, 1.165) is 5.41 Å². The largest absolute Gasteiger partial charge is 0.395 e. The molecule has 5 nitrogen and oxygen atoms in total. The Morgan fingerprint density at radius 3 is 2.28 bits per heavy atom. The first-order valence-corrected chi connectivity index (χ1v) is 7.07. The molecular weight excluding hydrogens is 278 g/mol. The Hall–Kier alpha value is -0.920. The molecule has 0 aromatic heterocycles. The highest BCUT2D eigenvalue weighted by atomic mass is 35.5. The van der Waals surface area contributed by atoms with E-state index < -0.39 is 29.3 Å². The fourth-order valence-electron chi connectivity index (χ4n) is 1.15. The van der Waals surface area contributed by atoms with Gasteiger partial charge in [0.25, 0.3) is 0 Å². The molecule has 1 rings (SSSR count). The minimum atomic E-state index is -3.70. The van der Waals surface area contributed by atoms with Gasteiger partial charge in [-0.3, -0.25) is 0 Å². The van der Waals surface area contributed by atoms with Crippen molar-refractivity contribution < 1.29 is 18.6 Å². The number of aliphatic hydroxyl groups is 2. The lowest BCUT2D eigenvalue weighted by Gasteiger charge is -2.11. The van der Waals surface area contributed by atoms with Crippen molar-refractivity contribution in [3.8, 4) is 0 Å². The van der Waals surface area contributed by atoms with Crippen molar-refractivity contribution in [1.29, 1.82) is 0 Å². The second-order valence-electron chi connectivity index (χ2n) is 3.58. The average Bonchev–Trinajstić information content (AvgIpc) is 2.35. The zero-order valence-electron chi connectivity index (χ0n) is 9.45. The van der Waals surface area contributed by atoms with Crippen LogP contribution in [-0.4, -0.2) is 37.9 Å². The third-order valence-electron chi connectivity index (χ3n) is 2.08. The van der Waals surface area contributed by atoms with Crippen molar-refractivity contribution in [2.75, 3.05) is 13.2 Å². The van der Waals surface area contributed by atoms with Crippen LogP contribution in [0.3, 0.4) is 0 Å². The molecule has 0 saturated heterocycles. The Kier molecular flexibility index (Phi) is 5.77. The topological polar surface area (TPSA) is 86.6 Å². The highest BCUT2D eigenvalue weighted by Crippen LogP contribution is 2.11. The summed E-state index contributed by atoms with van der Waals surface area (Å²) in [6, 6.07) is 5.73. The summed E-state index contributed by atoms with van der Waals surface area (Å²) in [5, 5.41) is 19.1. The molecule has 18 heavy (non-hydrogen) atoms. The van der Waals surface area contributed by atoms with Gasteiger partial charge in [0, 0.05) is 10.4 Å². The smallest absolute Gasteiger partial charge is 0.234 e. The molecule has 0 bridgehead atoms. The molecule has 0 fully saturated rings. The van der Waals surface area contributed by atoms with E-state index in [-0.39, 0.29) is 0 Å². The summed E-state index contributed by atoms with van der Waals surface area (Å²) in [6.07, 6.45) is 1.39. The van der Waals surface area contributed by atoms with E-state index in [1.165, 1.54) is 6.08 Å². The highest BCUT2D eigenvalue weighted by Gasteiger charge is 2.13. The summed E-state index contributed by atoms with van der Waals surface area (Å²) in [5.74, 6) is 0. The molecule has 7 heteroatoms. The molecule has 0 saturated carbocycles. The maximum atomic E-state index is 11.6. The number of hydrogen-bond donors (Lipinski definition) is 3. The normalized spacial score (nSPS) is 12.4. The SMILES string of the molecule is O=S(=O)(C=Cc1ccc(Cl)cc1)NC(CO)CO. The van der Waals surface area contributed by atoms with Gasteiger partial charge in [0.15, 0.2) is 0 Å². The van der Waals surface area contributed by atoms with Gasteiger partial charge in [0.1, 0.15) is 0 Å². The fourth-order valence-corrected chi connectivity index (χ4v) is 2.30. The molecule has 0 heterocycles. The van der Waals surface area contributed by atoms with Crippen LogP contribution in [0.2, 0.25) is 5.02 Å². The Morgan fingerprint density at radius 2 is 1.78 bits per heavy atom. The second kappa shape index (κ2) is 6.86. The molecule has 0 radical (unpaired) electrons. The molecule has 0 spiro atoms. The van der Waals surface area contributed by atoms with Gasteiger partial charge in [-0.05, 0) is 23.8 Å². The van der Waals surface area contributed by atoms with Crippen LogP contribution in [0.4, 0.5) is 0 Å². The first kappa shape index (κ1) is 15.1. The third-order valence-corrected chi connectivity index (χ3v) is 3.49. The lowest BCUT2D eigenvalue weighted by atomic mass is 10.2. The van der Waals surface area contributed by atoms with Crippen molar-refractivity contribution in [1.82, 2.24) is 4.72 Å². The van der Waals surface area contributed by atoms with E-state index in [9.17, 15) is 8.42 Å². The van der Waals surface area contributed by atoms with Crippen LogP contribution in [-0.2, 0) is 10.0 Å². The van der Waals surface area contributed by atoms with Gasteiger partial charge in [-0.2, -0.15) is 0 Å². The van der Waals surface area contributed by atoms with Gasteiger partial charge in [-0.1, -0.05) is 23.7 Å². The third kappa shape index (κ3) is 5.16. The number of hydrogen-bond acceptors (Lipinski definition) is 4. The van der Waals surface area contributed by atoms with Crippen molar-refractivity contribution in [2.24, 2.45) is 0 Å². The number of rotatable bonds is 6. The number of sulfonamides is 1. The van der Waals surface area contributed by atoms with Crippen LogP contribution in [0.1, 0.15) is 5.56 Å². The Bertz CT molecular complexity index is 494. The van der Waals surface area contributed by atoms with E-state index in [2.05, 4.69) is 4.72 Å². The molecule has 1 aromatic rings. The molecule has 1 aromatic carbocycles. The van der Waals surface area contributed by atoms with Crippen LogP contribution >= 0.6 is 11.6 Å². The van der Waals surface area contributed by atoms with Gasteiger partial charge in [-0.25, -0.2) is 13.1 Å². The fraction of sp³-hybridized carbons (Fsp3) is 0.273.